The van der Waals surface area contributed by atoms with E-state index in [2.05, 4.69) is 23.7 Å². The summed E-state index contributed by atoms with van der Waals surface area (Å²) in [5.74, 6) is -0.587. The van der Waals surface area contributed by atoms with Crippen molar-refractivity contribution >= 4 is 24.2 Å². The molecule has 9 nitrogen and oxygen atoms in total. The summed E-state index contributed by atoms with van der Waals surface area (Å²) in [6.07, 6.45) is 2.76. The van der Waals surface area contributed by atoms with Gasteiger partial charge in [-0.3, -0.25) is 19.6 Å². The van der Waals surface area contributed by atoms with Crippen LogP contribution in [0.5, 0.6) is 0 Å². The van der Waals surface area contributed by atoms with E-state index in [1.54, 1.807) is 18.0 Å². The molecular weight excluding hydrogens is 546 g/mol. The Morgan fingerprint density at radius 1 is 0.930 bits per heavy atom. The minimum atomic E-state index is -0.694. The Kier molecular flexibility index (Phi) is 12.3. The molecular formula is C34H47N3O6. The van der Waals surface area contributed by atoms with Gasteiger partial charge in [0, 0.05) is 12.3 Å². The van der Waals surface area contributed by atoms with Crippen molar-refractivity contribution in [1.82, 2.24) is 9.80 Å². The summed E-state index contributed by atoms with van der Waals surface area (Å²) in [6, 6.07) is 17.6. The number of hydrogen-bond donors (Lipinski definition) is 0. The Hall–Kier alpha value is -3.72. The number of carbonyl (C=O) groups excluding carboxylic acids is 3. The predicted octanol–water partition coefficient (Wildman–Crippen LogP) is 5.66. The number of rotatable bonds is 12. The number of ether oxygens (including phenoxy) is 3. The average Bonchev–Trinajstić information content (AvgIpc) is 3.31. The fourth-order valence-corrected chi connectivity index (χ4v) is 5.25. The van der Waals surface area contributed by atoms with E-state index in [0.717, 1.165) is 11.1 Å². The molecule has 234 valence electrons. The van der Waals surface area contributed by atoms with Crippen molar-refractivity contribution in [1.29, 1.82) is 0 Å². The predicted molar refractivity (Wildman–Crippen MR) is 167 cm³/mol. The second-order valence-corrected chi connectivity index (χ2v) is 12.4. The number of benzene rings is 2. The lowest BCUT2D eigenvalue weighted by molar-refractivity contribution is -0.152. The number of nitrogens with zero attached hydrogens (tertiary/aromatic N) is 3. The zero-order valence-electron chi connectivity index (χ0n) is 26.6. The molecule has 9 heteroatoms. The highest BCUT2D eigenvalue weighted by molar-refractivity contribution is 5.78. The molecule has 0 saturated carbocycles. The summed E-state index contributed by atoms with van der Waals surface area (Å²) >= 11 is 0. The van der Waals surface area contributed by atoms with Gasteiger partial charge in [-0.15, -0.1) is 0 Å². The van der Waals surface area contributed by atoms with Crippen molar-refractivity contribution in [2.45, 2.75) is 97.2 Å². The molecule has 1 fully saturated rings. The third kappa shape index (κ3) is 10.2. The molecule has 2 aromatic carbocycles. The molecule has 0 aliphatic carbocycles. The quantitative estimate of drug-likeness (QED) is 0.178. The lowest BCUT2D eigenvalue weighted by Crippen LogP contribution is -2.48. The minimum absolute atomic E-state index is 0.161. The second-order valence-electron chi connectivity index (χ2n) is 12.4. The fraction of sp³-hybridized carbons (Fsp3) is 0.529. The molecule has 1 heterocycles. The maximum atomic E-state index is 13.8. The maximum Gasteiger partial charge on any atom is 0.411 e. The molecule has 1 saturated heterocycles. The summed E-state index contributed by atoms with van der Waals surface area (Å²) in [6.45, 7) is 11.7. The molecule has 1 aliphatic heterocycles. The first kappa shape index (κ1) is 33.8. The van der Waals surface area contributed by atoms with Crippen LogP contribution >= 0.6 is 0 Å². The lowest BCUT2D eigenvalue weighted by atomic mass is 9.94. The van der Waals surface area contributed by atoms with Gasteiger partial charge >= 0.3 is 18.0 Å². The molecule has 0 radical (unpaired) electrons. The maximum absolute atomic E-state index is 13.8. The van der Waals surface area contributed by atoms with Crippen LogP contribution in [0.1, 0.15) is 65.5 Å². The van der Waals surface area contributed by atoms with Crippen LogP contribution in [-0.2, 0) is 36.8 Å². The van der Waals surface area contributed by atoms with Gasteiger partial charge in [0.1, 0.15) is 24.3 Å². The topological polar surface area (TPSA) is 97.7 Å². The van der Waals surface area contributed by atoms with Crippen LogP contribution in [0.15, 0.2) is 65.7 Å². The fourth-order valence-electron chi connectivity index (χ4n) is 5.25. The van der Waals surface area contributed by atoms with E-state index < -0.39 is 29.7 Å². The van der Waals surface area contributed by atoms with Crippen molar-refractivity contribution in [3.05, 3.63) is 71.8 Å². The Balaban J connectivity index is 2.00. The van der Waals surface area contributed by atoms with Crippen molar-refractivity contribution in [3.8, 4) is 0 Å². The average molecular weight is 594 g/mol. The van der Waals surface area contributed by atoms with Crippen LogP contribution in [0.2, 0.25) is 0 Å². The first-order valence-corrected chi connectivity index (χ1v) is 15.0. The van der Waals surface area contributed by atoms with Gasteiger partial charge in [-0.1, -0.05) is 74.5 Å². The van der Waals surface area contributed by atoms with E-state index in [9.17, 15) is 14.4 Å². The zero-order chi connectivity index (χ0) is 31.6. The molecule has 43 heavy (non-hydrogen) atoms. The molecule has 0 N–H and O–H groups in total. The van der Waals surface area contributed by atoms with Crippen LogP contribution in [0.25, 0.3) is 0 Å². The largest absolute Gasteiger partial charge is 0.467 e. The van der Waals surface area contributed by atoms with Gasteiger partial charge in [-0.25, -0.2) is 9.59 Å². The van der Waals surface area contributed by atoms with Gasteiger partial charge < -0.3 is 14.2 Å². The van der Waals surface area contributed by atoms with Gasteiger partial charge in [0.25, 0.3) is 0 Å². The number of aliphatic imine (C=N–C) groups is 1. The Morgan fingerprint density at radius 3 is 2.09 bits per heavy atom. The standard InChI is InChI=1S/C34H47N3O6/c1-24(2)20-30(32(39)42-22-27-16-12-9-13-17-27)36-23-37(33(40)43-34(4,5)6)29(21-26-14-10-8-11-15-26)28(36)18-19-35-25(3)31(38)41-7/h8-17,19,24-25,28-30H,18,20-23H2,1-7H3/t25-,28+,29-,30+/m0/s1. The summed E-state index contributed by atoms with van der Waals surface area (Å²) in [5, 5.41) is 0. The monoisotopic (exact) mass is 593 g/mol. The molecule has 4 atom stereocenters. The molecule has 3 rings (SSSR count). The number of hydrogen-bond acceptors (Lipinski definition) is 8. The molecule has 0 unspecified atom stereocenters. The van der Waals surface area contributed by atoms with Gasteiger partial charge in [0.2, 0.25) is 0 Å². The van der Waals surface area contributed by atoms with E-state index in [4.69, 9.17) is 14.2 Å². The first-order valence-electron chi connectivity index (χ1n) is 15.0. The lowest BCUT2D eigenvalue weighted by Gasteiger charge is -2.32. The summed E-state index contributed by atoms with van der Waals surface area (Å²) in [7, 11) is 1.33. The zero-order valence-corrected chi connectivity index (χ0v) is 26.6. The van der Waals surface area contributed by atoms with Crippen LogP contribution in [0.4, 0.5) is 4.79 Å². The Bertz CT molecular complexity index is 1210. The van der Waals surface area contributed by atoms with Crippen molar-refractivity contribution in [2.24, 2.45) is 10.9 Å². The summed E-state index contributed by atoms with van der Waals surface area (Å²) in [5.41, 5.74) is 1.26. The summed E-state index contributed by atoms with van der Waals surface area (Å²) in [4.78, 5) is 47.6. The molecule has 0 spiro atoms. The minimum Gasteiger partial charge on any atom is -0.467 e. The van der Waals surface area contributed by atoms with E-state index in [1.807, 2.05) is 81.4 Å². The van der Waals surface area contributed by atoms with Gasteiger partial charge in [-0.05, 0) is 64.0 Å². The van der Waals surface area contributed by atoms with Gasteiger partial charge in [-0.2, -0.15) is 0 Å². The van der Waals surface area contributed by atoms with E-state index in [0.29, 0.717) is 19.3 Å². The number of amides is 1. The summed E-state index contributed by atoms with van der Waals surface area (Å²) < 4.78 is 16.5. The number of esters is 2. The third-order valence-electron chi connectivity index (χ3n) is 7.31. The molecule has 1 aliphatic rings. The van der Waals surface area contributed by atoms with Gasteiger partial charge in [0.05, 0.1) is 19.8 Å². The molecule has 0 bridgehead atoms. The van der Waals surface area contributed by atoms with Crippen molar-refractivity contribution in [2.75, 3.05) is 13.8 Å². The smallest absolute Gasteiger partial charge is 0.411 e. The molecule has 2 aromatic rings. The first-order chi connectivity index (χ1) is 20.4. The number of carbonyl (C=O) groups is 3. The Morgan fingerprint density at radius 2 is 1.53 bits per heavy atom. The Labute approximate surface area is 256 Å². The normalized spacial score (nSPS) is 18.9. The molecule has 1 amide bonds. The second kappa shape index (κ2) is 15.7. The van der Waals surface area contributed by atoms with Crippen LogP contribution in [0.3, 0.4) is 0 Å². The third-order valence-corrected chi connectivity index (χ3v) is 7.31. The highest BCUT2D eigenvalue weighted by Gasteiger charge is 2.48. The van der Waals surface area contributed by atoms with E-state index in [1.165, 1.54) is 7.11 Å². The highest BCUT2D eigenvalue weighted by Crippen LogP contribution is 2.32. The van der Waals surface area contributed by atoms with E-state index in [-0.39, 0.29) is 37.2 Å². The van der Waals surface area contributed by atoms with Crippen molar-refractivity contribution in [3.63, 3.8) is 0 Å². The van der Waals surface area contributed by atoms with E-state index >= 15 is 0 Å². The van der Waals surface area contributed by atoms with Gasteiger partial charge in [0.15, 0.2) is 0 Å². The number of methoxy groups -OCH3 is 1. The van der Waals surface area contributed by atoms with Crippen LogP contribution in [0, 0.1) is 5.92 Å². The van der Waals surface area contributed by atoms with Crippen LogP contribution < -0.4 is 0 Å². The SMILES string of the molecule is COC(=O)[C@H](C)N=CC[C@@H]1[C@H](Cc2ccccc2)N(C(=O)OC(C)(C)C)CN1[C@H](CC(C)C)C(=O)OCc1ccccc1. The van der Waals surface area contributed by atoms with Crippen LogP contribution in [-0.4, -0.2) is 77.6 Å². The molecule has 0 aromatic heterocycles. The highest BCUT2D eigenvalue weighted by atomic mass is 16.6. The van der Waals surface area contributed by atoms with Crippen molar-refractivity contribution < 1.29 is 28.6 Å².